The summed E-state index contributed by atoms with van der Waals surface area (Å²) in [6.45, 7) is 1.78. The van der Waals surface area contributed by atoms with E-state index in [-0.39, 0.29) is 7.43 Å². The maximum Gasteiger partial charge on any atom is 0.234 e. The van der Waals surface area contributed by atoms with Crippen LogP contribution in [0.5, 0.6) is 0 Å². The number of aliphatic hydroxyl groups excluding tert-OH is 1. The first-order valence-electron chi connectivity index (χ1n) is 6.76. The van der Waals surface area contributed by atoms with Crippen molar-refractivity contribution in [1.82, 2.24) is 4.98 Å². The molecular formula is C18H19N2O+. The van der Waals surface area contributed by atoms with Crippen molar-refractivity contribution >= 4 is 27.3 Å². The van der Waals surface area contributed by atoms with Crippen molar-refractivity contribution < 1.29 is 9.51 Å². The highest BCUT2D eigenvalue weighted by Gasteiger charge is 2.14. The van der Waals surface area contributed by atoms with Gasteiger partial charge in [0.25, 0.3) is 0 Å². The van der Waals surface area contributed by atoms with Crippen molar-refractivity contribution in [2.45, 2.75) is 20.5 Å². The highest BCUT2D eigenvalue weighted by Crippen LogP contribution is 2.26. The molecule has 3 aromatic heterocycles. The molecule has 1 atom stereocenters. The minimum atomic E-state index is -0.453. The van der Waals surface area contributed by atoms with Gasteiger partial charge in [0.2, 0.25) is 5.52 Å². The summed E-state index contributed by atoms with van der Waals surface area (Å²) in [5.74, 6) is 0. The van der Waals surface area contributed by atoms with Gasteiger partial charge in [0.05, 0.1) is 6.10 Å². The molecule has 1 unspecified atom stereocenters. The molecule has 0 radical (unpaired) electrons. The number of aromatic amines is 1. The summed E-state index contributed by atoms with van der Waals surface area (Å²) in [6, 6.07) is 14.5. The number of nitrogens with one attached hydrogen (secondary N) is 1. The van der Waals surface area contributed by atoms with E-state index in [0.717, 1.165) is 22.1 Å². The summed E-state index contributed by atoms with van der Waals surface area (Å²) >= 11 is 0. The maximum absolute atomic E-state index is 9.69. The van der Waals surface area contributed by atoms with Gasteiger partial charge >= 0.3 is 0 Å². The fourth-order valence-corrected chi connectivity index (χ4v) is 2.81. The topological polar surface area (TPSA) is 40.1 Å². The highest BCUT2D eigenvalue weighted by atomic mass is 16.3. The summed E-state index contributed by atoms with van der Waals surface area (Å²) in [4.78, 5) is 3.49. The van der Waals surface area contributed by atoms with Gasteiger partial charge in [-0.05, 0) is 19.1 Å². The second kappa shape index (κ2) is 4.86. The zero-order valence-corrected chi connectivity index (χ0v) is 11.2. The zero-order valence-electron chi connectivity index (χ0n) is 11.2. The van der Waals surface area contributed by atoms with Crippen LogP contribution < -0.4 is 4.40 Å². The van der Waals surface area contributed by atoms with Gasteiger partial charge in [0, 0.05) is 34.0 Å². The third-order valence-corrected chi connectivity index (χ3v) is 3.89. The van der Waals surface area contributed by atoms with Crippen molar-refractivity contribution in [3.8, 4) is 0 Å². The molecule has 2 N–H and O–H groups in total. The van der Waals surface area contributed by atoms with E-state index < -0.39 is 6.10 Å². The Kier molecular flexibility index (Phi) is 3.15. The molecule has 0 aliphatic carbocycles. The van der Waals surface area contributed by atoms with Crippen LogP contribution in [0.2, 0.25) is 0 Å². The Morgan fingerprint density at radius 1 is 1.05 bits per heavy atom. The largest absolute Gasteiger partial charge is 0.388 e. The van der Waals surface area contributed by atoms with E-state index in [0.29, 0.717) is 0 Å². The summed E-state index contributed by atoms with van der Waals surface area (Å²) in [6.07, 6.45) is 3.57. The van der Waals surface area contributed by atoms with E-state index in [2.05, 4.69) is 39.7 Å². The molecule has 3 heterocycles. The first-order valence-corrected chi connectivity index (χ1v) is 6.76. The molecule has 0 spiro atoms. The van der Waals surface area contributed by atoms with Gasteiger partial charge in [-0.25, -0.2) is 0 Å². The van der Waals surface area contributed by atoms with E-state index in [9.17, 15) is 5.11 Å². The number of aromatic nitrogens is 2. The van der Waals surface area contributed by atoms with Crippen molar-refractivity contribution in [2.24, 2.45) is 0 Å². The Balaban J connectivity index is 0.00000132. The minimum absolute atomic E-state index is 0. The molecule has 106 valence electrons. The van der Waals surface area contributed by atoms with Gasteiger partial charge in [-0.2, -0.15) is 4.40 Å². The summed E-state index contributed by atoms with van der Waals surface area (Å²) in [5, 5.41) is 12.2. The van der Waals surface area contributed by atoms with Crippen LogP contribution in [-0.2, 0) is 0 Å². The fraction of sp³-hybridized carbons (Fsp3) is 0.167. The van der Waals surface area contributed by atoms with Crippen LogP contribution in [0.4, 0.5) is 0 Å². The van der Waals surface area contributed by atoms with Gasteiger partial charge in [-0.3, -0.25) is 0 Å². The Morgan fingerprint density at radius 3 is 2.67 bits per heavy atom. The molecule has 3 nitrogen and oxygen atoms in total. The van der Waals surface area contributed by atoms with Crippen LogP contribution in [0.1, 0.15) is 26.0 Å². The molecule has 0 fully saturated rings. The number of H-pyrrole nitrogens is 1. The summed E-state index contributed by atoms with van der Waals surface area (Å²) < 4.78 is 2.06. The standard InChI is InChI=1S/C17H14N2O.CH4/c1-11(20)12-6-7-16-17-14(8-9-19(16)10-12)13-4-2-3-5-15(13)18-17;/h2-11,20H,1H3;1H4/p+1. The second-order valence-corrected chi connectivity index (χ2v) is 5.21. The summed E-state index contributed by atoms with van der Waals surface area (Å²) in [5.41, 5.74) is 4.31. The number of nitrogens with zero attached hydrogens (tertiary/aromatic N) is 1. The van der Waals surface area contributed by atoms with Crippen molar-refractivity contribution in [2.75, 3.05) is 0 Å². The number of para-hydroxylation sites is 1. The average Bonchev–Trinajstić information content (AvgIpc) is 2.85. The van der Waals surface area contributed by atoms with Crippen molar-refractivity contribution in [3.05, 3.63) is 60.4 Å². The number of hydrogen-bond acceptors (Lipinski definition) is 1. The van der Waals surface area contributed by atoms with E-state index in [1.807, 2.05) is 24.5 Å². The van der Waals surface area contributed by atoms with Crippen LogP contribution >= 0.6 is 0 Å². The number of rotatable bonds is 1. The maximum atomic E-state index is 9.69. The van der Waals surface area contributed by atoms with Gasteiger partial charge < -0.3 is 10.1 Å². The second-order valence-electron chi connectivity index (χ2n) is 5.21. The zero-order chi connectivity index (χ0) is 13.7. The molecule has 0 saturated heterocycles. The monoisotopic (exact) mass is 279 g/mol. The van der Waals surface area contributed by atoms with Crippen LogP contribution in [0.15, 0.2) is 54.9 Å². The molecular weight excluding hydrogens is 260 g/mol. The molecule has 0 aliphatic rings. The first-order chi connectivity index (χ1) is 9.74. The number of pyridine rings is 2. The molecule has 3 heteroatoms. The van der Waals surface area contributed by atoms with Gasteiger partial charge in [0.15, 0.2) is 12.4 Å². The van der Waals surface area contributed by atoms with E-state index in [1.165, 1.54) is 10.8 Å². The lowest BCUT2D eigenvalue weighted by Crippen LogP contribution is -2.22. The number of fused-ring (bicyclic) bond motifs is 5. The lowest BCUT2D eigenvalue weighted by atomic mass is 10.1. The molecule has 1 aromatic carbocycles. The van der Waals surface area contributed by atoms with Crippen LogP contribution in [0, 0.1) is 0 Å². The lowest BCUT2D eigenvalue weighted by molar-refractivity contribution is -0.511. The minimum Gasteiger partial charge on any atom is -0.388 e. The molecule has 0 aliphatic heterocycles. The molecule has 4 rings (SSSR count). The SMILES string of the molecule is C.CC(O)c1ccc2c3[nH]c4ccccc4c3cc[n+]2c1. The number of benzene rings is 1. The van der Waals surface area contributed by atoms with Crippen LogP contribution in [-0.4, -0.2) is 10.1 Å². The Morgan fingerprint density at radius 2 is 1.86 bits per heavy atom. The average molecular weight is 279 g/mol. The first kappa shape index (κ1) is 13.6. The Bertz CT molecular complexity index is 938. The molecule has 4 aromatic rings. The van der Waals surface area contributed by atoms with E-state index in [4.69, 9.17) is 0 Å². The van der Waals surface area contributed by atoms with Crippen LogP contribution in [0.25, 0.3) is 27.3 Å². The predicted molar refractivity (Wildman–Crippen MR) is 86.3 cm³/mol. The Labute approximate surface area is 123 Å². The summed E-state index contributed by atoms with van der Waals surface area (Å²) in [7, 11) is 0. The molecule has 0 bridgehead atoms. The fourth-order valence-electron chi connectivity index (χ4n) is 2.81. The van der Waals surface area contributed by atoms with Gasteiger partial charge in [-0.1, -0.05) is 25.6 Å². The van der Waals surface area contributed by atoms with Crippen LogP contribution in [0.3, 0.4) is 0 Å². The highest BCUT2D eigenvalue weighted by molar-refractivity contribution is 6.10. The molecule has 21 heavy (non-hydrogen) atoms. The van der Waals surface area contributed by atoms with Crippen molar-refractivity contribution in [3.63, 3.8) is 0 Å². The number of hydrogen-bond donors (Lipinski definition) is 2. The van der Waals surface area contributed by atoms with E-state index in [1.54, 1.807) is 6.92 Å². The van der Waals surface area contributed by atoms with E-state index >= 15 is 0 Å². The third kappa shape index (κ3) is 1.98. The van der Waals surface area contributed by atoms with Gasteiger partial charge in [0.1, 0.15) is 5.52 Å². The molecule has 0 saturated carbocycles. The Hall–Kier alpha value is -2.39. The number of aliphatic hydroxyl groups is 1. The molecule has 0 amide bonds. The van der Waals surface area contributed by atoms with Gasteiger partial charge in [-0.15, -0.1) is 0 Å². The third-order valence-electron chi connectivity index (χ3n) is 3.89. The van der Waals surface area contributed by atoms with Crippen molar-refractivity contribution in [1.29, 1.82) is 0 Å². The predicted octanol–water partition coefficient (Wildman–Crippen LogP) is 3.75. The quantitative estimate of drug-likeness (QED) is 0.512. The normalized spacial score (nSPS) is 12.7. The lowest BCUT2D eigenvalue weighted by Gasteiger charge is -2.01. The smallest absolute Gasteiger partial charge is 0.234 e.